The van der Waals surface area contributed by atoms with Gasteiger partial charge in [0.15, 0.2) is 9.84 Å². The Labute approximate surface area is 122 Å². The van der Waals surface area contributed by atoms with Crippen molar-refractivity contribution in [2.75, 3.05) is 0 Å². The fraction of sp³-hybridized carbons (Fsp3) is 0.625. The molecule has 20 heavy (non-hydrogen) atoms. The van der Waals surface area contributed by atoms with Crippen LogP contribution in [0, 0.1) is 0 Å². The van der Waals surface area contributed by atoms with Crippen LogP contribution in [0.4, 0.5) is 0 Å². The molecular weight excluding hydrogens is 270 g/mol. The van der Waals surface area contributed by atoms with Crippen molar-refractivity contribution in [2.24, 2.45) is 5.73 Å². The first-order chi connectivity index (χ1) is 9.50. The molecule has 112 valence electrons. The molecule has 4 heteroatoms. The summed E-state index contributed by atoms with van der Waals surface area (Å²) in [5.74, 6) is 0. The maximum atomic E-state index is 12.8. The van der Waals surface area contributed by atoms with Crippen LogP contribution in [0.5, 0.6) is 0 Å². The van der Waals surface area contributed by atoms with Gasteiger partial charge in [-0.25, -0.2) is 8.42 Å². The number of sulfone groups is 1. The lowest BCUT2D eigenvalue weighted by Gasteiger charge is -2.22. The first kappa shape index (κ1) is 15.5. The standard InChI is InChI=1S/C16H25NO2S/c1-3-6-15(17)16(4-2)20(18,19)14-10-9-12-7-5-8-13(12)11-14/h9-11,15-16H,3-8,17H2,1-2H3. The van der Waals surface area contributed by atoms with Gasteiger partial charge in [-0.15, -0.1) is 0 Å². The highest BCUT2D eigenvalue weighted by atomic mass is 32.2. The highest BCUT2D eigenvalue weighted by Crippen LogP contribution is 2.28. The van der Waals surface area contributed by atoms with Gasteiger partial charge in [0.1, 0.15) is 0 Å². The summed E-state index contributed by atoms with van der Waals surface area (Å²) in [4.78, 5) is 0.455. The van der Waals surface area contributed by atoms with Gasteiger partial charge in [-0.3, -0.25) is 0 Å². The zero-order valence-electron chi connectivity index (χ0n) is 12.4. The van der Waals surface area contributed by atoms with Gasteiger partial charge >= 0.3 is 0 Å². The largest absolute Gasteiger partial charge is 0.327 e. The van der Waals surface area contributed by atoms with E-state index in [1.807, 2.05) is 26.0 Å². The summed E-state index contributed by atoms with van der Waals surface area (Å²) in [6.07, 6.45) is 5.44. The van der Waals surface area contributed by atoms with E-state index in [1.54, 1.807) is 6.07 Å². The summed E-state index contributed by atoms with van der Waals surface area (Å²) < 4.78 is 25.6. The molecule has 0 heterocycles. The minimum atomic E-state index is -3.32. The third-order valence-electron chi connectivity index (χ3n) is 4.30. The third-order valence-corrected chi connectivity index (χ3v) is 6.69. The van der Waals surface area contributed by atoms with Gasteiger partial charge in [0.25, 0.3) is 0 Å². The molecule has 0 aliphatic heterocycles. The lowest BCUT2D eigenvalue weighted by Crippen LogP contribution is -2.40. The van der Waals surface area contributed by atoms with Gasteiger partial charge in [0.05, 0.1) is 10.1 Å². The molecule has 0 saturated heterocycles. The second kappa shape index (κ2) is 6.27. The molecule has 2 rings (SSSR count). The Morgan fingerprint density at radius 3 is 2.55 bits per heavy atom. The monoisotopic (exact) mass is 295 g/mol. The van der Waals surface area contributed by atoms with E-state index >= 15 is 0 Å². The number of aryl methyl sites for hydroxylation is 2. The van der Waals surface area contributed by atoms with E-state index in [1.165, 1.54) is 11.1 Å². The van der Waals surface area contributed by atoms with Crippen molar-refractivity contribution in [1.29, 1.82) is 0 Å². The summed E-state index contributed by atoms with van der Waals surface area (Å²) >= 11 is 0. The quantitative estimate of drug-likeness (QED) is 0.878. The van der Waals surface area contributed by atoms with Crippen molar-refractivity contribution in [1.82, 2.24) is 0 Å². The van der Waals surface area contributed by atoms with Crippen LogP contribution in [0.3, 0.4) is 0 Å². The van der Waals surface area contributed by atoms with Gasteiger partial charge in [-0.1, -0.05) is 26.3 Å². The summed E-state index contributed by atoms with van der Waals surface area (Å²) in [6.45, 7) is 3.94. The SMILES string of the molecule is CCCC(N)C(CC)S(=O)(=O)c1ccc2c(c1)CCC2. The average Bonchev–Trinajstić information content (AvgIpc) is 2.86. The van der Waals surface area contributed by atoms with Crippen LogP contribution in [-0.2, 0) is 22.7 Å². The normalized spacial score (nSPS) is 17.8. The fourth-order valence-electron chi connectivity index (χ4n) is 3.17. The van der Waals surface area contributed by atoms with Crippen LogP contribution < -0.4 is 5.73 Å². The van der Waals surface area contributed by atoms with E-state index in [4.69, 9.17) is 5.73 Å². The number of nitrogens with two attached hydrogens (primary N) is 1. The van der Waals surface area contributed by atoms with Crippen molar-refractivity contribution in [2.45, 2.75) is 68.6 Å². The zero-order chi connectivity index (χ0) is 14.8. The topological polar surface area (TPSA) is 60.2 Å². The van der Waals surface area contributed by atoms with Crippen molar-refractivity contribution in [3.05, 3.63) is 29.3 Å². The molecule has 0 bridgehead atoms. The highest BCUT2D eigenvalue weighted by Gasteiger charge is 2.31. The van der Waals surface area contributed by atoms with E-state index < -0.39 is 15.1 Å². The molecule has 0 saturated carbocycles. The van der Waals surface area contributed by atoms with Crippen LogP contribution in [-0.4, -0.2) is 19.7 Å². The molecule has 2 N–H and O–H groups in total. The predicted octanol–water partition coefficient (Wildman–Crippen LogP) is 2.86. The Bertz CT molecular complexity index is 566. The Kier molecular flexibility index (Phi) is 4.86. The molecule has 0 radical (unpaired) electrons. The highest BCUT2D eigenvalue weighted by molar-refractivity contribution is 7.92. The molecule has 1 aliphatic rings. The molecule has 0 amide bonds. The van der Waals surface area contributed by atoms with Crippen LogP contribution in [0.15, 0.2) is 23.1 Å². The van der Waals surface area contributed by atoms with Crippen molar-refractivity contribution in [3.8, 4) is 0 Å². The lowest BCUT2D eigenvalue weighted by atomic mass is 10.1. The van der Waals surface area contributed by atoms with E-state index in [0.717, 1.165) is 32.1 Å². The van der Waals surface area contributed by atoms with Crippen molar-refractivity contribution in [3.63, 3.8) is 0 Å². The molecule has 1 aromatic rings. The number of benzene rings is 1. The molecule has 0 aromatic heterocycles. The number of rotatable bonds is 6. The second-order valence-electron chi connectivity index (χ2n) is 5.73. The first-order valence-corrected chi connectivity index (χ1v) is 9.16. The maximum Gasteiger partial charge on any atom is 0.182 e. The molecule has 0 fully saturated rings. The Morgan fingerprint density at radius 2 is 1.90 bits per heavy atom. The molecule has 3 nitrogen and oxygen atoms in total. The summed E-state index contributed by atoms with van der Waals surface area (Å²) in [5.41, 5.74) is 8.60. The van der Waals surface area contributed by atoms with Gasteiger partial charge in [0, 0.05) is 6.04 Å². The smallest absolute Gasteiger partial charge is 0.182 e. The number of hydrogen-bond acceptors (Lipinski definition) is 3. The van der Waals surface area contributed by atoms with E-state index in [0.29, 0.717) is 11.3 Å². The average molecular weight is 295 g/mol. The Balaban J connectivity index is 2.33. The van der Waals surface area contributed by atoms with Gasteiger partial charge in [-0.05, 0) is 55.4 Å². The Hall–Kier alpha value is -0.870. The van der Waals surface area contributed by atoms with E-state index in [2.05, 4.69) is 0 Å². The first-order valence-electron chi connectivity index (χ1n) is 7.62. The molecule has 1 aromatic carbocycles. The summed E-state index contributed by atoms with van der Waals surface area (Å²) in [5, 5.41) is -0.470. The summed E-state index contributed by atoms with van der Waals surface area (Å²) in [6, 6.07) is 5.34. The van der Waals surface area contributed by atoms with E-state index in [9.17, 15) is 8.42 Å². The predicted molar refractivity (Wildman–Crippen MR) is 82.6 cm³/mol. The molecule has 2 atom stereocenters. The number of hydrogen-bond donors (Lipinski definition) is 1. The Morgan fingerprint density at radius 1 is 1.20 bits per heavy atom. The maximum absolute atomic E-state index is 12.8. The van der Waals surface area contributed by atoms with Gasteiger partial charge < -0.3 is 5.73 Å². The summed E-state index contributed by atoms with van der Waals surface area (Å²) in [7, 11) is -3.32. The minimum absolute atomic E-state index is 0.275. The van der Waals surface area contributed by atoms with Gasteiger partial charge in [0.2, 0.25) is 0 Å². The zero-order valence-corrected chi connectivity index (χ0v) is 13.2. The van der Waals surface area contributed by atoms with Crippen molar-refractivity contribution < 1.29 is 8.42 Å². The van der Waals surface area contributed by atoms with Crippen LogP contribution in [0.1, 0.15) is 50.7 Å². The molecule has 1 aliphatic carbocycles. The van der Waals surface area contributed by atoms with Crippen LogP contribution in [0.25, 0.3) is 0 Å². The van der Waals surface area contributed by atoms with Crippen molar-refractivity contribution >= 4 is 9.84 Å². The fourth-order valence-corrected chi connectivity index (χ4v) is 5.12. The van der Waals surface area contributed by atoms with E-state index in [-0.39, 0.29) is 6.04 Å². The second-order valence-corrected chi connectivity index (χ2v) is 7.90. The lowest BCUT2D eigenvalue weighted by molar-refractivity contribution is 0.516. The molecule has 2 unspecified atom stereocenters. The van der Waals surface area contributed by atoms with Crippen LogP contribution >= 0.6 is 0 Å². The van der Waals surface area contributed by atoms with Crippen LogP contribution in [0.2, 0.25) is 0 Å². The minimum Gasteiger partial charge on any atom is -0.327 e. The third kappa shape index (κ3) is 2.91. The van der Waals surface area contributed by atoms with Gasteiger partial charge in [-0.2, -0.15) is 0 Å². The molecule has 0 spiro atoms. The molecular formula is C16H25NO2S. The number of fused-ring (bicyclic) bond motifs is 1.